The van der Waals surface area contributed by atoms with Crippen LogP contribution < -0.4 is 5.32 Å². The summed E-state index contributed by atoms with van der Waals surface area (Å²) in [5.74, 6) is 0.898. The normalized spacial score (nSPS) is 10.4. The molecule has 0 atom stereocenters. The third-order valence-electron chi connectivity index (χ3n) is 1.86. The second kappa shape index (κ2) is 4.14. The van der Waals surface area contributed by atoms with E-state index in [9.17, 15) is 0 Å². The lowest BCUT2D eigenvalue weighted by atomic mass is 10.5. The van der Waals surface area contributed by atoms with Gasteiger partial charge < -0.3 is 9.88 Å². The summed E-state index contributed by atoms with van der Waals surface area (Å²) in [6, 6.07) is 2.11. The highest BCUT2D eigenvalue weighted by molar-refractivity contribution is 9.10. The van der Waals surface area contributed by atoms with Crippen LogP contribution in [0.25, 0.3) is 0 Å². The van der Waals surface area contributed by atoms with E-state index < -0.39 is 0 Å². The van der Waals surface area contributed by atoms with Gasteiger partial charge in [-0.3, -0.25) is 0 Å². The molecular formula is C9H10BrN3S. The van der Waals surface area contributed by atoms with Gasteiger partial charge in [-0.2, -0.15) is 0 Å². The molecule has 2 aromatic rings. The van der Waals surface area contributed by atoms with E-state index in [-0.39, 0.29) is 0 Å². The standard InChI is InChI=1S/C9H10BrN3S/c1-13-3-2-11-9(13)12-5-8-4-7(10)6-14-8/h2-4,6H,5H2,1H3,(H,11,12). The summed E-state index contributed by atoms with van der Waals surface area (Å²) in [5, 5.41) is 5.34. The lowest BCUT2D eigenvalue weighted by molar-refractivity contribution is 0.902. The number of imidazole rings is 1. The minimum atomic E-state index is 0.821. The largest absolute Gasteiger partial charge is 0.351 e. The Bertz CT molecular complexity index is 421. The third kappa shape index (κ3) is 2.16. The van der Waals surface area contributed by atoms with Crippen LogP contribution in [0.5, 0.6) is 0 Å². The van der Waals surface area contributed by atoms with E-state index in [1.165, 1.54) is 4.88 Å². The molecular weight excluding hydrogens is 262 g/mol. The summed E-state index contributed by atoms with van der Waals surface area (Å²) in [6.45, 7) is 0.821. The number of halogens is 1. The van der Waals surface area contributed by atoms with Crippen molar-refractivity contribution >= 4 is 33.2 Å². The number of nitrogens with zero attached hydrogens (tertiary/aromatic N) is 2. The number of thiophene rings is 1. The molecule has 0 aliphatic rings. The van der Waals surface area contributed by atoms with Crippen LogP contribution in [0.2, 0.25) is 0 Å². The zero-order valence-corrected chi connectivity index (χ0v) is 10.1. The Hall–Kier alpha value is -0.810. The summed E-state index contributed by atoms with van der Waals surface area (Å²) in [5.41, 5.74) is 0. The number of hydrogen-bond acceptors (Lipinski definition) is 3. The van der Waals surface area contributed by atoms with Crippen molar-refractivity contribution in [3.05, 3.63) is 33.2 Å². The van der Waals surface area contributed by atoms with Gasteiger partial charge in [-0.15, -0.1) is 11.3 Å². The zero-order chi connectivity index (χ0) is 9.97. The maximum absolute atomic E-state index is 4.18. The van der Waals surface area contributed by atoms with Crippen molar-refractivity contribution in [2.45, 2.75) is 6.54 Å². The molecule has 5 heteroatoms. The predicted octanol–water partition coefficient (Wildman–Crippen LogP) is 2.86. The quantitative estimate of drug-likeness (QED) is 0.931. The molecule has 0 fully saturated rings. The molecule has 0 saturated heterocycles. The Morgan fingerprint density at radius 1 is 1.64 bits per heavy atom. The minimum absolute atomic E-state index is 0.821. The first-order valence-electron chi connectivity index (χ1n) is 4.20. The van der Waals surface area contributed by atoms with Crippen LogP contribution in [0, 0.1) is 0 Å². The van der Waals surface area contributed by atoms with Crippen LogP contribution in [0.3, 0.4) is 0 Å². The van der Waals surface area contributed by atoms with E-state index >= 15 is 0 Å². The van der Waals surface area contributed by atoms with E-state index in [2.05, 4.69) is 37.7 Å². The van der Waals surface area contributed by atoms with Crippen LogP contribution in [-0.2, 0) is 13.6 Å². The first-order valence-corrected chi connectivity index (χ1v) is 5.87. The highest BCUT2D eigenvalue weighted by atomic mass is 79.9. The molecule has 1 N–H and O–H groups in total. The number of aromatic nitrogens is 2. The lowest BCUT2D eigenvalue weighted by Crippen LogP contribution is -2.03. The molecule has 0 radical (unpaired) electrons. The Kier molecular flexibility index (Phi) is 2.88. The number of anilines is 1. The highest BCUT2D eigenvalue weighted by Crippen LogP contribution is 2.20. The molecule has 2 heterocycles. The number of hydrogen-bond donors (Lipinski definition) is 1. The van der Waals surface area contributed by atoms with Crippen molar-refractivity contribution in [3.63, 3.8) is 0 Å². The SMILES string of the molecule is Cn1ccnc1NCc1cc(Br)cs1. The van der Waals surface area contributed by atoms with Gasteiger partial charge in [0.05, 0.1) is 6.54 Å². The average molecular weight is 272 g/mol. The molecule has 0 saturated carbocycles. The van der Waals surface area contributed by atoms with Crippen LogP contribution in [0.1, 0.15) is 4.88 Å². The molecule has 2 rings (SSSR count). The van der Waals surface area contributed by atoms with E-state index in [0.29, 0.717) is 0 Å². The minimum Gasteiger partial charge on any atom is -0.351 e. The Morgan fingerprint density at radius 2 is 2.50 bits per heavy atom. The monoisotopic (exact) mass is 271 g/mol. The summed E-state index contributed by atoms with van der Waals surface area (Å²) in [6.07, 6.45) is 3.71. The predicted molar refractivity (Wildman–Crippen MR) is 62.6 cm³/mol. The lowest BCUT2D eigenvalue weighted by Gasteiger charge is -2.03. The number of rotatable bonds is 3. The molecule has 0 amide bonds. The van der Waals surface area contributed by atoms with Gasteiger partial charge in [0.25, 0.3) is 0 Å². The molecule has 0 aliphatic carbocycles. The van der Waals surface area contributed by atoms with Gasteiger partial charge in [0.1, 0.15) is 0 Å². The van der Waals surface area contributed by atoms with E-state index in [1.54, 1.807) is 17.5 Å². The van der Waals surface area contributed by atoms with Crippen molar-refractivity contribution in [2.75, 3.05) is 5.32 Å². The van der Waals surface area contributed by atoms with Crippen LogP contribution in [0.15, 0.2) is 28.3 Å². The summed E-state index contributed by atoms with van der Waals surface area (Å²) >= 11 is 5.16. The second-order valence-corrected chi connectivity index (χ2v) is 4.86. The van der Waals surface area contributed by atoms with Gasteiger partial charge in [0.15, 0.2) is 0 Å². The molecule has 0 bridgehead atoms. The topological polar surface area (TPSA) is 29.9 Å². The van der Waals surface area contributed by atoms with Crippen molar-refractivity contribution < 1.29 is 0 Å². The molecule has 0 aromatic carbocycles. The van der Waals surface area contributed by atoms with Gasteiger partial charge in [-0.25, -0.2) is 4.98 Å². The third-order valence-corrected chi connectivity index (χ3v) is 3.56. The van der Waals surface area contributed by atoms with Crippen LogP contribution >= 0.6 is 27.3 Å². The smallest absolute Gasteiger partial charge is 0.202 e. The van der Waals surface area contributed by atoms with Crippen molar-refractivity contribution in [2.24, 2.45) is 7.05 Å². The summed E-state index contributed by atoms with van der Waals surface area (Å²) < 4.78 is 3.10. The summed E-state index contributed by atoms with van der Waals surface area (Å²) in [7, 11) is 1.97. The second-order valence-electron chi connectivity index (χ2n) is 2.95. The van der Waals surface area contributed by atoms with E-state index in [0.717, 1.165) is 17.0 Å². The average Bonchev–Trinajstić information content (AvgIpc) is 2.72. The zero-order valence-electron chi connectivity index (χ0n) is 7.70. The fourth-order valence-electron chi connectivity index (χ4n) is 1.15. The molecule has 2 aromatic heterocycles. The van der Waals surface area contributed by atoms with Gasteiger partial charge in [0, 0.05) is 34.2 Å². The molecule has 14 heavy (non-hydrogen) atoms. The van der Waals surface area contributed by atoms with Gasteiger partial charge in [-0.05, 0) is 22.0 Å². The Labute approximate surface area is 94.9 Å². The van der Waals surface area contributed by atoms with Gasteiger partial charge in [0.2, 0.25) is 5.95 Å². The number of nitrogens with one attached hydrogen (secondary N) is 1. The molecule has 0 unspecified atom stereocenters. The molecule has 74 valence electrons. The fourth-order valence-corrected chi connectivity index (χ4v) is 2.54. The van der Waals surface area contributed by atoms with Crippen molar-refractivity contribution in [1.29, 1.82) is 0 Å². The van der Waals surface area contributed by atoms with E-state index in [4.69, 9.17) is 0 Å². The van der Waals surface area contributed by atoms with Crippen molar-refractivity contribution in [3.8, 4) is 0 Å². The van der Waals surface area contributed by atoms with Gasteiger partial charge >= 0.3 is 0 Å². The highest BCUT2D eigenvalue weighted by Gasteiger charge is 2.00. The first kappa shape index (κ1) is 9.73. The maximum Gasteiger partial charge on any atom is 0.202 e. The Balaban J connectivity index is 1.98. The Morgan fingerprint density at radius 3 is 3.07 bits per heavy atom. The van der Waals surface area contributed by atoms with Crippen molar-refractivity contribution in [1.82, 2.24) is 9.55 Å². The van der Waals surface area contributed by atoms with Crippen LogP contribution in [0.4, 0.5) is 5.95 Å². The molecule has 0 spiro atoms. The molecule has 0 aliphatic heterocycles. The number of aryl methyl sites for hydroxylation is 1. The maximum atomic E-state index is 4.18. The fraction of sp³-hybridized carbons (Fsp3) is 0.222. The molecule has 3 nitrogen and oxygen atoms in total. The first-order chi connectivity index (χ1) is 6.75. The van der Waals surface area contributed by atoms with Crippen LogP contribution in [-0.4, -0.2) is 9.55 Å². The van der Waals surface area contributed by atoms with Gasteiger partial charge in [-0.1, -0.05) is 0 Å². The van der Waals surface area contributed by atoms with E-state index in [1.807, 2.05) is 17.8 Å². The summed E-state index contributed by atoms with van der Waals surface area (Å²) in [4.78, 5) is 5.47.